The minimum Gasteiger partial charge on any atom is -0.451 e. The molecule has 37 heavy (non-hydrogen) atoms. The molecular formula is C24H21F3N4O5S. The van der Waals surface area contributed by atoms with Crippen LogP contribution in [0.2, 0.25) is 0 Å². The molecule has 9 nitrogen and oxygen atoms in total. The van der Waals surface area contributed by atoms with Crippen molar-refractivity contribution >= 4 is 21.7 Å². The highest BCUT2D eigenvalue weighted by Crippen LogP contribution is 2.48. The summed E-state index contributed by atoms with van der Waals surface area (Å²) in [6.45, 7) is 0.578. The van der Waals surface area contributed by atoms with E-state index in [1.807, 2.05) is 0 Å². The first-order chi connectivity index (χ1) is 17.4. The first kappa shape index (κ1) is 24.9. The third-order valence-corrected chi connectivity index (χ3v) is 9.54. The lowest BCUT2D eigenvalue weighted by Gasteiger charge is -2.37. The van der Waals surface area contributed by atoms with Crippen LogP contribution in [0.3, 0.4) is 0 Å². The number of amides is 1. The summed E-state index contributed by atoms with van der Waals surface area (Å²) in [4.78, 5) is 27.1. The van der Waals surface area contributed by atoms with E-state index in [2.05, 4.69) is 10.3 Å². The van der Waals surface area contributed by atoms with Crippen LogP contribution in [0, 0.1) is 0 Å². The highest BCUT2D eigenvalue weighted by molar-refractivity contribution is 7.93. The Morgan fingerprint density at radius 1 is 1.11 bits per heavy atom. The average Bonchev–Trinajstić information content (AvgIpc) is 3.38. The van der Waals surface area contributed by atoms with E-state index in [0.29, 0.717) is 17.3 Å². The van der Waals surface area contributed by atoms with Gasteiger partial charge in [0.25, 0.3) is 0 Å². The molecule has 0 unspecified atom stereocenters. The van der Waals surface area contributed by atoms with Gasteiger partial charge in [0, 0.05) is 0 Å². The Labute approximate surface area is 209 Å². The fourth-order valence-electron chi connectivity index (χ4n) is 4.86. The third kappa shape index (κ3) is 4.06. The molecule has 3 atom stereocenters. The van der Waals surface area contributed by atoms with Gasteiger partial charge in [0.15, 0.2) is 27.7 Å². The van der Waals surface area contributed by atoms with Crippen LogP contribution < -0.4 is 0 Å². The number of aromatic nitrogens is 3. The number of esters is 1. The van der Waals surface area contributed by atoms with Crippen LogP contribution in [-0.2, 0) is 36.9 Å². The molecule has 2 saturated heterocycles. The number of nitrogens with zero attached hydrogens (tertiary/aromatic N) is 4. The molecule has 0 radical (unpaired) electrons. The molecule has 1 amide bonds. The molecule has 0 spiro atoms. The predicted molar refractivity (Wildman–Crippen MR) is 122 cm³/mol. The highest BCUT2D eigenvalue weighted by Gasteiger charge is 2.70. The molecule has 5 rings (SSSR count). The lowest BCUT2D eigenvalue weighted by Crippen LogP contribution is -2.58. The van der Waals surface area contributed by atoms with Gasteiger partial charge in [-0.05, 0) is 18.1 Å². The van der Waals surface area contributed by atoms with E-state index in [1.54, 1.807) is 60.7 Å². The van der Waals surface area contributed by atoms with E-state index in [-0.39, 0.29) is 6.42 Å². The van der Waals surface area contributed by atoms with Crippen LogP contribution >= 0.6 is 0 Å². The molecule has 0 saturated carbocycles. The highest BCUT2D eigenvalue weighted by atomic mass is 32.2. The topological polar surface area (TPSA) is 111 Å². The zero-order valence-corrected chi connectivity index (χ0v) is 20.2. The second-order valence-corrected chi connectivity index (χ2v) is 11.7. The Morgan fingerprint density at radius 2 is 1.68 bits per heavy atom. The number of fused-ring (bicyclic) bond motifs is 1. The number of ether oxygens (including phenoxy) is 1. The van der Waals surface area contributed by atoms with E-state index < -0.39 is 62.4 Å². The first-order valence-electron chi connectivity index (χ1n) is 11.3. The maximum Gasteiger partial charge on any atom is 0.436 e. The molecule has 2 fully saturated rings. The maximum absolute atomic E-state index is 13.7. The van der Waals surface area contributed by atoms with Gasteiger partial charge in [-0.1, -0.05) is 65.9 Å². The molecule has 13 heteroatoms. The zero-order chi connectivity index (χ0) is 26.6. The smallest absolute Gasteiger partial charge is 0.436 e. The fraction of sp³-hybridized carbons (Fsp3) is 0.333. The van der Waals surface area contributed by atoms with E-state index in [9.17, 15) is 31.2 Å². The van der Waals surface area contributed by atoms with Gasteiger partial charge in [0.2, 0.25) is 5.91 Å². The van der Waals surface area contributed by atoms with E-state index in [1.165, 1.54) is 6.92 Å². The second-order valence-electron chi connectivity index (χ2n) is 9.16. The predicted octanol–water partition coefficient (Wildman–Crippen LogP) is 2.74. The summed E-state index contributed by atoms with van der Waals surface area (Å²) in [6.07, 6.45) is -5.46. The summed E-state index contributed by atoms with van der Waals surface area (Å²) in [6, 6.07) is 15.9. The Kier molecular flexibility index (Phi) is 5.85. The molecule has 3 heterocycles. The molecule has 0 bridgehead atoms. The van der Waals surface area contributed by atoms with Crippen LogP contribution in [0.5, 0.6) is 0 Å². The molecule has 1 aromatic heterocycles. The maximum atomic E-state index is 13.7. The summed E-state index contributed by atoms with van der Waals surface area (Å²) in [7, 11) is -4.21. The summed E-state index contributed by atoms with van der Waals surface area (Å²) in [5.41, 5.74) is -0.0810. The van der Waals surface area contributed by atoms with Crippen molar-refractivity contribution in [3.8, 4) is 0 Å². The number of hydrogen-bond acceptors (Lipinski definition) is 7. The molecule has 0 aliphatic carbocycles. The van der Waals surface area contributed by atoms with Gasteiger partial charge in [-0.25, -0.2) is 13.2 Å². The van der Waals surface area contributed by atoms with E-state index >= 15 is 0 Å². The summed E-state index contributed by atoms with van der Waals surface area (Å²) in [5, 5.41) is 5.22. The third-order valence-electron chi connectivity index (χ3n) is 6.78. The number of halogens is 3. The second kappa shape index (κ2) is 8.68. The van der Waals surface area contributed by atoms with Gasteiger partial charge in [-0.2, -0.15) is 13.2 Å². The molecular weight excluding hydrogens is 513 g/mol. The first-order valence-corrected chi connectivity index (χ1v) is 12.8. The van der Waals surface area contributed by atoms with Crippen LogP contribution in [0.4, 0.5) is 13.2 Å². The molecule has 0 N–H and O–H groups in total. The number of carbonyl (C=O) groups is 2. The molecule has 194 valence electrons. The summed E-state index contributed by atoms with van der Waals surface area (Å²) in [5.74, 6) is -1.56. The van der Waals surface area contributed by atoms with Crippen molar-refractivity contribution in [1.29, 1.82) is 0 Å². The van der Waals surface area contributed by atoms with Crippen molar-refractivity contribution < 1.29 is 35.9 Å². The van der Waals surface area contributed by atoms with Crippen molar-refractivity contribution in [2.24, 2.45) is 0 Å². The molecule has 2 aromatic carbocycles. The van der Waals surface area contributed by atoms with Crippen molar-refractivity contribution in [2.75, 3.05) is 0 Å². The number of rotatable bonds is 6. The SMILES string of the molecule is C[C@]1(Cn2cc(C(F)(F)F)nn2)[C@H](C(=O)OC(c2ccccc2)c2ccccc2)N2C(=O)C[C@@H]2S1(=O)=O. The monoisotopic (exact) mass is 534 g/mol. The fourth-order valence-corrected chi connectivity index (χ4v) is 7.22. The number of alkyl halides is 3. The number of benzene rings is 2. The Balaban J connectivity index is 1.53. The normalized spacial score (nSPS) is 24.6. The van der Waals surface area contributed by atoms with Gasteiger partial charge >= 0.3 is 12.1 Å². The van der Waals surface area contributed by atoms with Crippen LogP contribution in [0.25, 0.3) is 0 Å². The Hall–Kier alpha value is -3.74. The van der Waals surface area contributed by atoms with Gasteiger partial charge in [-0.3, -0.25) is 9.48 Å². The van der Waals surface area contributed by atoms with Crippen LogP contribution in [0.15, 0.2) is 66.9 Å². The van der Waals surface area contributed by atoms with Crippen molar-refractivity contribution in [3.63, 3.8) is 0 Å². The lowest BCUT2D eigenvalue weighted by molar-refractivity contribution is -0.164. The van der Waals surface area contributed by atoms with Gasteiger partial charge < -0.3 is 9.64 Å². The van der Waals surface area contributed by atoms with Gasteiger partial charge in [-0.15, -0.1) is 5.10 Å². The minimum atomic E-state index is -4.79. The minimum absolute atomic E-state index is 0.326. The zero-order valence-electron chi connectivity index (χ0n) is 19.4. The number of hydrogen-bond donors (Lipinski definition) is 0. The summed E-state index contributed by atoms with van der Waals surface area (Å²) < 4.78 is 70.7. The largest absolute Gasteiger partial charge is 0.451 e. The van der Waals surface area contributed by atoms with Crippen molar-refractivity contribution in [3.05, 3.63) is 83.7 Å². The van der Waals surface area contributed by atoms with Gasteiger partial charge in [0.1, 0.15) is 10.1 Å². The van der Waals surface area contributed by atoms with Crippen molar-refractivity contribution in [1.82, 2.24) is 19.9 Å². The molecule has 3 aromatic rings. The molecule has 2 aliphatic rings. The van der Waals surface area contributed by atoms with Crippen LogP contribution in [-0.4, -0.2) is 56.4 Å². The number of sulfone groups is 1. The van der Waals surface area contributed by atoms with Gasteiger partial charge in [0.05, 0.1) is 19.2 Å². The number of carbonyl (C=O) groups excluding carboxylic acids is 2. The summed E-state index contributed by atoms with van der Waals surface area (Å²) >= 11 is 0. The average molecular weight is 535 g/mol. The van der Waals surface area contributed by atoms with E-state index in [0.717, 1.165) is 9.58 Å². The van der Waals surface area contributed by atoms with E-state index in [4.69, 9.17) is 4.74 Å². The lowest BCUT2D eigenvalue weighted by atomic mass is 9.95. The Bertz CT molecular complexity index is 1410. The van der Waals surface area contributed by atoms with Crippen LogP contribution in [0.1, 0.15) is 36.3 Å². The van der Waals surface area contributed by atoms with Crippen molar-refractivity contribution in [2.45, 2.75) is 48.3 Å². The standard InChI is InChI=1S/C24H21F3N4O5S/c1-23(14-30-13-17(28-29-30)24(25,26)27)21(31-18(32)12-19(31)37(23,34)35)22(33)36-20(15-8-4-2-5-9-15)16-10-6-3-7-11-16/h2-11,13,19-21H,12,14H2,1H3/t19-,21-,23-/m0/s1. The number of β-lactam (4-membered cyclic amide) rings is 1. The molecule has 2 aliphatic heterocycles. The quantitative estimate of drug-likeness (QED) is 0.353. The Morgan fingerprint density at radius 3 is 2.16 bits per heavy atom.